The Morgan fingerprint density at radius 2 is 1.92 bits per heavy atom. The Kier molecular flexibility index (Phi) is 4.71. The number of nitrogens with zero attached hydrogens (tertiary/aromatic N) is 1. The first kappa shape index (κ1) is 16.8. The second kappa shape index (κ2) is 7.30. The van der Waals surface area contributed by atoms with Gasteiger partial charge < -0.3 is 10.1 Å². The van der Waals surface area contributed by atoms with Crippen molar-refractivity contribution in [3.63, 3.8) is 0 Å². The van der Waals surface area contributed by atoms with E-state index in [0.29, 0.717) is 11.4 Å². The molecule has 1 amide bonds. The fourth-order valence-corrected chi connectivity index (χ4v) is 4.30. The van der Waals surface area contributed by atoms with E-state index in [0.717, 1.165) is 30.0 Å². The second-order valence-corrected chi connectivity index (χ2v) is 7.73. The summed E-state index contributed by atoms with van der Waals surface area (Å²) < 4.78 is 5.93. The smallest absolute Gasteiger partial charge is 0.227 e. The highest BCUT2D eigenvalue weighted by Gasteiger charge is 2.27. The van der Waals surface area contributed by atoms with Crippen molar-refractivity contribution < 1.29 is 9.53 Å². The molecule has 2 aromatic carbocycles. The van der Waals surface area contributed by atoms with E-state index in [2.05, 4.69) is 10.3 Å². The molecule has 1 aliphatic carbocycles. The highest BCUT2D eigenvalue weighted by Crippen LogP contribution is 2.33. The van der Waals surface area contributed by atoms with E-state index in [1.165, 1.54) is 10.6 Å². The van der Waals surface area contributed by atoms with E-state index in [9.17, 15) is 4.79 Å². The van der Waals surface area contributed by atoms with E-state index in [1.54, 1.807) is 11.3 Å². The van der Waals surface area contributed by atoms with E-state index in [-0.39, 0.29) is 11.8 Å². The van der Waals surface area contributed by atoms with Gasteiger partial charge in [0.15, 0.2) is 5.75 Å². The molecule has 1 N–H and O–H groups in total. The van der Waals surface area contributed by atoms with Crippen molar-refractivity contribution in [2.75, 3.05) is 5.32 Å². The van der Waals surface area contributed by atoms with Crippen molar-refractivity contribution in [2.45, 2.75) is 26.2 Å². The summed E-state index contributed by atoms with van der Waals surface area (Å²) in [7, 11) is 0. The number of nitrogens with one attached hydrogen (secondary N) is 1. The van der Waals surface area contributed by atoms with Crippen molar-refractivity contribution in [1.29, 1.82) is 0 Å². The van der Waals surface area contributed by atoms with Crippen molar-refractivity contribution in [3.05, 3.63) is 70.2 Å². The van der Waals surface area contributed by atoms with Gasteiger partial charge in [-0.2, -0.15) is 0 Å². The molecular weight excluding hydrogens is 344 g/mol. The third-order valence-corrected chi connectivity index (χ3v) is 5.57. The van der Waals surface area contributed by atoms with Crippen LogP contribution in [-0.4, -0.2) is 10.9 Å². The molecule has 1 aliphatic rings. The van der Waals surface area contributed by atoms with Crippen molar-refractivity contribution in [3.8, 4) is 11.5 Å². The third kappa shape index (κ3) is 3.63. The SMILES string of the molecule is Cc1nc2c(s1)CC(C(=O)Nc1ccccc1Oc1ccccc1)CC2. The molecule has 26 heavy (non-hydrogen) atoms. The molecule has 4 rings (SSSR count). The largest absolute Gasteiger partial charge is 0.455 e. The van der Waals surface area contributed by atoms with Crippen molar-refractivity contribution >= 4 is 22.9 Å². The highest BCUT2D eigenvalue weighted by molar-refractivity contribution is 7.11. The number of carbonyl (C=O) groups is 1. The van der Waals surface area contributed by atoms with Crippen LogP contribution in [0.1, 0.15) is 22.0 Å². The number of amides is 1. The second-order valence-electron chi connectivity index (χ2n) is 6.44. The number of ether oxygens (including phenoxy) is 1. The highest BCUT2D eigenvalue weighted by atomic mass is 32.1. The van der Waals surface area contributed by atoms with Crippen LogP contribution in [0, 0.1) is 12.8 Å². The van der Waals surface area contributed by atoms with Gasteiger partial charge >= 0.3 is 0 Å². The fourth-order valence-electron chi connectivity index (χ4n) is 3.24. The van der Waals surface area contributed by atoms with Gasteiger partial charge in [0.25, 0.3) is 0 Å². The van der Waals surface area contributed by atoms with Gasteiger partial charge in [0.1, 0.15) is 5.75 Å². The number of fused-ring (bicyclic) bond motifs is 1. The topological polar surface area (TPSA) is 51.2 Å². The maximum atomic E-state index is 12.8. The zero-order valence-corrected chi connectivity index (χ0v) is 15.4. The van der Waals surface area contributed by atoms with Crippen LogP contribution >= 0.6 is 11.3 Å². The predicted octanol–water partition coefficient (Wildman–Crippen LogP) is 4.99. The Morgan fingerprint density at radius 1 is 1.15 bits per heavy atom. The number of hydrogen-bond acceptors (Lipinski definition) is 4. The van der Waals surface area contributed by atoms with E-state index in [1.807, 2.05) is 61.5 Å². The molecule has 0 bridgehead atoms. The van der Waals surface area contributed by atoms with Gasteiger partial charge in [-0.1, -0.05) is 30.3 Å². The molecule has 0 saturated heterocycles. The quantitative estimate of drug-likeness (QED) is 0.710. The monoisotopic (exact) mass is 364 g/mol. The minimum atomic E-state index is -0.0212. The summed E-state index contributed by atoms with van der Waals surface area (Å²) >= 11 is 1.71. The fraction of sp³-hybridized carbons (Fsp3) is 0.238. The van der Waals surface area contributed by atoms with Gasteiger partial charge in [-0.3, -0.25) is 4.79 Å². The Morgan fingerprint density at radius 3 is 2.77 bits per heavy atom. The summed E-state index contributed by atoms with van der Waals surface area (Å²) in [6.45, 7) is 2.02. The Labute approximate surface area is 156 Å². The number of aromatic nitrogens is 1. The number of aryl methyl sites for hydroxylation is 2. The van der Waals surface area contributed by atoms with Crippen LogP contribution in [0.5, 0.6) is 11.5 Å². The summed E-state index contributed by atoms with van der Waals surface area (Å²) in [5.74, 6) is 1.42. The van der Waals surface area contributed by atoms with Crippen LogP contribution in [0.25, 0.3) is 0 Å². The third-order valence-electron chi connectivity index (χ3n) is 4.53. The van der Waals surface area contributed by atoms with Crippen LogP contribution in [-0.2, 0) is 17.6 Å². The van der Waals surface area contributed by atoms with Gasteiger partial charge in [-0.05, 0) is 50.5 Å². The van der Waals surface area contributed by atoms with E-state index in [4.69, 9.17) is 4.74 Å². The maximum Gasteiger partial charge on any atom is 0.227 e. The first-order chi connectivity index (χ1) is 12.7. The summed E-state index contributed by atoms with van der Waals surface area (Å²) in [6.07, 6.45) is 2.48. The number of carbonyl (C=O) groups excluding carboxylic acids is 1. The average Bonchev–Trinajstić information content (AvgIpc) is 3.03. The van der Waals surface area contributed by atoms with Crippen molar-refractivity contribution in [2.24, 2.45) is 5.92 Å². The lowest BCUT2D eigenvalue weighted by Gasteiger charge is -2.21. The first-order valence-corrected chi connectivity index (χ1v) is 9.58. The van der Waals surface area contributed by atoms with Gasteiger partial charge in [0.05, 0.1) is 16.4 Å². The summed E-state index contributed by atoms with van der Waals surface area (Å²) in [5, 5.41) is 4.14. The number of para-hydroxylation sites is 3. The average molecular weight is 364 g/mol. The number of thiazole rings is 1. The van der Waals surface area contributed by atoms with E-state index < -0.39 is 0 Å². The summed E-state index contributed by atoms with van der Waals surface area (Å²) in [6, 6.07) is 17.1. The number of benzene rings is 2. The lowest BCUT2D eigenvalue weighted by Crippen LogP contribution is -2.27. The summed E-state index contributed by atoms with van der Waals surface area (Å²) in [5.41, 5.74) is 1.87. The molecule has 5 heteroatoms. The Balaban J connectivity index is 1.48. The zero-order chi connectivity index (χ0) is 17.9. The molecule has 3 aromatic rings. The van der Waals surface area contributed by atoms with Crippen LogP contribution in [0.15, 0.2) is 54.6 Å². The van der Waals surface area contributed by atoms with Crippen LogP contribution in [0.3, 0.4) is 0 Å². The zero-order valence-electron chi connectivity index (χ0n) is 14.6. The van der Waals surface area contributed by atoms with Gasteiger partial charge in [-0.25, -0.2) is 4.98 Å². The Hall–Kier alpha value is -2.66. The van der Waals surface area contributed by atoms with E-state index >= 15 is 0 Å². The molecule has 0 aliphatic heterocycles. The molecule has 1 aromatic heterocycles. The normalized spacial score (nSPS) is 16.0. The van der Waals surface area contributed by atoms with Crippen LogP contribution < -0.4 is 10.1 Å². The molecule has 1 unspecified atom stereocenters. The molecule has 1 heterocycles. The first-order valence-electron chi connectivity index (χ1n) is 8.77. The molecule has 4 nitrogen and oxygen atoms in total. The van der Waals surface area contributed by atoms with Crippen LogP contribution in [0.4, 0.5) is 5.69 Å². The molecule has 1 atom stereocenters. The standard InChI is InChI=1S/C21H20N2O2S/c1-14-22-18-12-11-15(13-20(18)26-14)21(24)23-17-9-5-6-10-19(17)25-16-7-3-2-4-8-16/h2-10,15H,11-13H2,1H3,(H,23,24). The lowest BCUT2D eigenvalue weighted by molar-refractivity contribution is -0.120. The molecule has 132 valence electrons. The minimum absolute atomic E-state index is 0.0212. The molecule has 0 fully saturated rings. The molecule has 0 saturated carbocycles. The molecular formula is C21H20N2O2S. The maximum absolute atomic E-state index is 12.8. The molecule has 0 radical (unpaired) electrons. The number of hydrogen-bond donors (Lipinski definition) is 1. The number of rotatable bonds is 4. The Bertz CT molecular complexity index is 921. The molecule has 0 spiro atoms. The predicted molar refractivity (Wildman–Crippen MR) is 104 cm³/mol. The lowest BCUT2D eigenvalue weighted by atomic mass is 9.90. The van der Waals surface area contributed by atoms with Crippen molar-refractivity contribution in [1.82, 2.24) is 4.98 Å². The van der Waals surface area contributed by atoms with Gasteiger partial charge in [0.2, 0.25) is 5.91 Å². The summed E-state index contributed by atoms with van der Waals surface area (Å²) in [4.78, 5) is 18.6. The van der Waals surface area contributed by atoms with Crippen LogP contribution in [0.2, 0.25) is 0 Å². The minimum Gasteiger partial charge on any atom is -0.455 e. The number of anilines is 1. The van der Waals surface area contributed by atoms with Gasteiger partial charge in [0, 0.05) is 10.8 Å². The van der Waals surface area contributed by atoms with Gasteiger partial charge in [-0.15, -0.1) is 11.3 Å².